The first-order chi connectivity index (χ1) is 13.9. The molecule has 3 rings (SSSR count). The van der Waals surface area contributed by atoms with E-state index in [0.717, 1.165) is 0 Å². The van der Waals surface area contributed by atoms with Gasteiger partial charge in [0.15, 0.2) is 0 Å². The fourth-order valence-electron chi connectivity index (χ4n) is 2.80. The van der Waals surface area contributed by atoms with Crippen LogP contribution in [0, 0.1) is 5.82 Å². The molecule has 2 aromatic rings. The average molecular weight is 420 g/mol. The predicted octanol–water partition coefficient (Wildman–Crippen LogP) is 2.51. The Hall–Kier alpha value is -2.75. The van der Waals surface area contributed by atoms with E-state index in [-0.39, 0.29) is 29.5 Å². The Balaban J connectivity index is 1.79. The molecule has 1 amide bonds. The molecule has 1 aliphatic heterocycles. The smallest absolute Gasteiger partial charge is 0.248 e. The van der Waals surface area contributed by atoms with Gasteiger partial charge < -0.3 is 14.8 Å². The Kier molecular flexibility index (Phi) is 6.63. The molecule has 0 unspecified atom stereocenters. The van der Waals surface area contributed by atoms with Crippen LogP contribution in [0.5, 0.6) is 5.75 Å². The number of benzene rings is 2. The number of morpholine rings is 1. The van der Waals surface area contributed by atoms with E-state index < -0.39 is 15.9 Å². The fraction of sp³-hybridized carbons (Fsp3) is 0.250. The van der Waals surface area contributed by atoms with Crippen molar-refractivity contribution in [2.24, 2.45) is 0 Å². The number of anilines is 1. The van der Waals surface area contributed by atoms with Crippen molar-refractivity contribution in [1.29, 1.82) is 0 Å². The first kappa shape index (κ1) is 21.0. The van der Waals surface area contributed by atoms with E-state index in [1.54, 1.807) is 0 Å². The molecule has 0 spiro atoms. The summed E-state index contributed by atoms with van der Waals surface area (Å²) in [6.45, 7) is 1.23. The van der Waals surface area contributed by atoms with Crippen molar-refractivity contribution in [2.45, 2.75) is 4.90 Å². The van der Waals surface area contributed by atoms with Gasteiger partial charge in [0.1, 0.15) is 11.6 Å². The lowest BCUT2D eigenvalue weighted by molar-refractivity contribution is -0.111. The zero-order valence-corrected chi connectivity index (χ0v) is 16.6. The van der Waals surface area contributed by atoms with E-state index in [9.17, 15) is 17.6 Å². The highest BCUT2D eigenvalue weighted by atomic mass is 32.2. The number of rotatable bonds is 6. The molecule has 1 heterocycles. The zero-order valence-electron chi connectivity index (χ0n) is 15.8. The molecule has 0 aliphatic carbocycles. The number of halogens is 1. The quantitative estimate of drug-likeness (QED) is 0.726. The number of amides is 1. The second-order valence-corrected chi connectivity index (χ2v) is 8.19. The molecule has 0 aromatic heterocycles. The Morgan fingerprint density at radius 3 is 2.52 bits per heavy atom. The second kappa shape index (κ2) is 9.17. The van der Waals surface area contributed by atoms with Gasteiger partial charge in [-0.05, 0) is 42.0 Å². The number of ether oxygens (including phenoxy) is 2. The van der Waals surface area contributed by atoms with E-state index in [1.807, 2.05) is 0 Å². The average Bonchev–Trinajstić information content (AvgIpc) is 2.74. The van der Waals surface area contributed by atoms with E-state index in [4.69, 9.17) is 9.47 Å². The first-order valence-electron chi connectivity index (χ1n) is 8.91. The Morgan fingerprint density at radius 1 is 1.17 bits per heavy atom. The number of hydrogen-bond acceptors (Lipinski definition) is 5. The number of nitrogens with one attached hydrogen (secondary N) is 1. The van der Waals surface area contributed by atoms with Gasteiger partial charge in [-0.3, -0.25) is 4.79 Å². The monoisotopic (exact) mass is 420 g/mol. The van der Waals surface area contributed by atoms with Crippen LogP contribution < -0.4 is 10.1 Å². The molecule has 9 heteroatoms. The summed E-state index contributed by atoms with van der Waals surface area (Å²) in [7, 11) is -2.29. The maximum absolute atomic E-state index is 12.9. The van der Waals surface area contributed by atoms with Crippen LogP contribution in [0.4, 0.5) is 10.1 Å². The van der Waals surface area contributed by atoms with Crippen LogP contribution in [0.2, 0.25) is 0 Å². The number of carbonyl (C=O) groups excluding carboxylic acids is 1. The van der Waals surface area contributed by atoms with Crippen molar-refractivity contribution in [3.8, 4) is 5.75 Å². The molecule has 1 aliphatic rings. The third kappa shape index (κ3) is 5.20. The maximum atomic E-state index is 12.9. The number of methoxy groups -OCH3 is 1. The number of nitrogens with zero attached hydrogens (tertiary/aromatic N) is 1. The summed E-state index contributed by atoms with van der Waals surface area (Å²) < 4.78 is 50.4. The summed E-state index contributed by atoms with van der Waals surface area (Å²) >= 11 is 0. The molecule has 154 valence electrons. The molecule has 1 fully saturated rings. The molecule has 7 nitrogen and oxygen atoms in total. The molecule has 0 saturated carbocycles. The Labute approximate surface area is 168 Å². The van der Waals surface area contributed by atoms with Gasteiger partial charge in [0, 0.05) is 19.2 Å². The zero-order chi connectivity index (χ0) is 20.9. The lowest BCUT2D eigenvalue weighted by Gasteiger charge is -2.26. The van der Waals surface area contributed by atoms with Crippen LogP contribution in [0.25, 0.3) is 6.08 Å². The lowest BCUT2D eigenvalue weighted by atomic mass is 10.2. The summed E-state index contributed by atoms with van der Waals surface area (Å²) in [5.74, 6) is -0.516. The topological polar surface area (TPSA) is 84.9 Å². The minimum Gasteiger partial charge on any atom is -0.495 e. The number of carbonyl (C=O) groups is 1. The van der Waals surface area contributed by atoms with Crippen LogP contribution >= 0.6 is 0 Å². The van der Waals surface area contributed by atoms with Gasteiger partial charge in [-0.25, -0.2) is 12.8 Å². The van der Waals surface area contributed by atoms with Gasteiger partial charge in [0.05, 0.1) is 30.9 Å². The Morgan fingerprint density at radius 2 is 1.86 bits per heavy atom. The van der Waals surface area contributed by atoms with Gasteiger partial charge in [-0.15, -0.1) is 0 Å². The van der Waals surface area contributed by atoms with Crippen molar-refractivity contribution in [2.75, 3.05) is 38.7 Å². The number of sulfonamides is 1. The highest BCUT2D eigenvalue weighted by molar-refractivity contribution is 7.89. The van der Waals surface area contributed by atoms with E-state index >= 15 is 0 Å². The first-order valence-corrected chi connectivity index (χ1v) is 10.3. The maximum Gasteiger partial charge on any atom is 0.248 e. The van der Waals surface area contributed by atoms with Crippen LogP contribution in [0.1, 0.15) is 5.56 Å². The molecule has 0 bridgehead atoms. The summed E-state index contributed by atoms with van der Waals surface area (Å²) in [5, 5.41) is 2.63. The molecule has 0 atom stereocenters. The normalized spacial score (nSPS) is 15.4. The minimum absolute atomic E-state index is 0.0537. The van der Waals surface area contributed by atoms with Gasteiger partial charge in [-0.1, -0.05) is 12.1 Å². The van der Waals surface area contributed by atoms with Crippen molar-refractivity contribution in [3.05, 3.63) is 59.9 Å². The van der Waals surface area contributed by atoms with E-state index in [0.29, 0.717) is 24.5 Å². The fourth-order valence-corrected chi connectivity index (χ4v) is 4.24. The van der Waals surface area contributed by atoms with Gasteiger partial charge in [0.2, 0.25) is 15.9 Å². The van der Waals surface area contributed by atoms with Crippen LogP contribution in [0.15, 0.2) is 53.4 Å². The molecular formula is C20H21FN2O5S. The molecule has 1 N–H and O–H groups in total. The minimum atomic E-state index is -3.71. The molecule has 0 radical (unpaired) electrons. The highest BCUT2D eigenvalue weighted by Crippen LogP contribution is 2.29. The van der Waals surface area contributed by atoms with E-state index in [2.05, 4.69) is 5.32 Å². The summed E-state index contributed by atoms with van der Waals surface area (Å²) in [4.78, 5) is 12.3. The molecule has 1 saturated heterocycles. The summed E-state index contributed by atoms with van der Waals surface area (Å²) in [6.07, 6.45) is 2.80. The highest BCUT2D eigenvalue weighted by Gasteiger charge is 2.27. The third-order valence-electron chi connectivity index (χ3n) is 4.33. The van der Waals surface area contributed by atoms with Crippen molar-refractivity contribution in [1.82, 2.24) is 4.31 Å². The lowest BCUT2D eigenvalue weighted by Crippen LogP contribution is -2.40. The molecule has 29 heavy (non-hydrogen) atoms. The van der Waals surface area contributed by atoms with Crippen LogP contribution in [-0.4, -0.2) is 52.0 Å². The van der Waals surface area contributed by atoms with Crippen LogP contribution in [0.3, 0.4) is 0 Å². The van der Waals surface area contributed by atoms with Gasteiger partial charge in [0.25, 0.3) is 0 Å². The predicted molar refractivity (Wildman–Crippen MR) is 107 cm³/mol. The van der Waals surface area contributed by atoms with Crippen molar-refractivity contribution < 1.29 is 27.1 Å². The van der Waals surface area contributed by atoms with Crippen molar-refractivity contribution >= 4 is 27.7 Å². The summed E-state index contributed by atoms with van der Waals surface area (Å²) in [5.41, 5.74) is 0.882. The second-order valence-electron chi connectivity index (χ2n) is 6.25. The van der Waals surface area contributed by atoms with Gasteiger partial charge in [-0.2, -0.15) is 4.31 Å². The van der Waals surface area contributed by atoms with Crippen molar-refractivity contribution in [3.63, 3.8) is 0 Å². The molecule has 2 aromatic carbocycles. The Bertz CT molecular complexity index is 1000. The molecular weight excluding hydrogens is 399 g/mol. The van der Waals surface area contributed by atoms with Gasteiger partial charge >= 0.3 is 0 Å². The number of hydrogen-bond donors (Lipinski definition) is 1. The SMILES string of the molecule is COc1ccc(S(=O)(=O)N2CCOCC2)cc1NC(=O)/C=C/c1ccc(F)cc1. The largest absolute Gasteiger partial charge is 0.495 e. The summed E-state index contributed by atoms with van der Waals surface area (Å²) in [6, 6.07) is 9.96. The van der Waals surface area contributed by atoms with Crippen LogP contribution in [-0.2, 0) is 19.6 Å². The standard InChI is InChI=1S/C20H21FN2O5S/c1-27-19-8-7-17(29(25,26)23-10-12-28-13-11-23)14-18(19)22-20(24)9-4-15-2-5-16(21)6-3-15/h2-9,14H,10-13H2,1H3,(H,22,24)/b9-4+. The third-order valence-corrected chi connectivity index (χ3v) is 6.23. The van der Waals surface area contributed by atoms with E-state index in [1.165, 1.54) is 66.0 Å².